The minimum Gasteiger partial charge on any atom is -0.303 e. The molecule has 0 aliphatic rings. The van der Waals surface area contributed by atoms with E-state index in [0.29, 0.717) is 0 Å². The lowest BCUT2D eigenvalue weighted by atomic mass is 10.00. The van der Waals surface area contributed by atoms with Gasteiger partial charge in [-0.25, -0.2) is 0 Å². The molecular weight excluding hydrogens is 172 g/mol. The molecule has 14 heavy (non-hydrogen) atoms. The van der Waals surface area contributed by atoms with Gasteiger partial charge in [-0.1, -0.05) is 43.3 Å². The van der Waals surface area contributed by atoms with Crippen LogP contribution in [-0.4, -0.2) is 6.29 Å². The molecule has 1 atom stereocenters. The van der Waals surface area contributed by atoms with E-state index in [0.717, 1.165) is 23.8 Å². The molecule has 0 aliphatic heterocycles. The normalized spacial score (nSPS) is 12.1. The van der Waals surface area contributed by atoms with Crippen molar-refractivity contribution in [3.05, 3.63) is 42.0 Å². The van der Waals surface area contributed by atoms with Crippen LogP contribution in [0.4, 0.5) is 0 Å². The molecule has 1 aromatic carbocycles. The predicted molar refractivity (Wildman–Crippen MR) is 60.1 cm³/mol. The van der Waals surface area contributed by atoms with Gasteiger partial charge in [-0.15, -0.1) is 0 Å². The standard InChI is InChI=1S/C13H16O/c1-10(2)13-6-4-12(5-7-13)8-11(3)9-14/h4-7,9,11H,1,8H2,2-3H3. The van der Waals surface area contributed by atoms with Crippen LogP contribution >= 0.6 is 0 Å². The average molecular weight is 188 g/mol. The predicted octanol–water partition coefficient (Wildman–Crippen LogP) is 3.10. The highest BCUT2D eigenvalue weighted by atomic mass is 16.1. The van der Waals surface area contributed by atoms with Gasteiger partial charge in [0.1, 0.15) is 6.29 Å². The van der Waals surface area contributed by atoms with Crippen LogP contribution in [0.2, 0.25) is 0 Å². The van der Waals surface area contributed by atoms with E-state index in [1.165, 1.54) is 5.56 Å². The summed E-state index contributed by atoms with van der Waals surface area (Å²) in [4.78, 5) is 10.5. The molecule has 0 amide bonds. The van der Waals surface area contributed by atoms with Gasteiger partial charge in [0.2, 0.25) is 0 Å². The lowest BCUT2D eigenvalue weighted by Gasteiger charge is -2.05. The van der Waals surface area contributed by atoms with Gasteiger partial charge < -0.3 is 4.79 Å². The number of allylic oxidation sites excluding steroid dienone is 1. The number of carbonyl (C=O) groups excluding carboxylic acids is 1. The highest BCUT2D eigenvalue weighted by Crippen LogP contribution is 2.14. The second kappa shape index (κ2) is 4.75. The number of hydrogen-bond acceptors (Lipinski definition) is 1. The summed E-state index contributed by atoms with van der Waals surface area (Å²) in [6, 6.07) is 8.22. The summed E-state index contributed by atoms with van der Waals surface area (Å²) >= 11 is 0. The quantitative estimate of drug-likeness (QED) is 0.663. The van der Waals surface area contributed by atoms with Crippen LogP contribution in [0, 0.1) is 5.92 Å². The first-order chi connectivity index (χ1) is 6.63. The van der Waals surface area contributed by atoms with Gasteiger partial charge in [0, 0.05) is 5.92 Å². The van der Waals surface area contributed by atoms with Crippen LogP contribution in [-0.2, 0) is 11.2 Å². The molecule has 0 saturated heterocycles. The summed E-state index contributed by atoms with van der Waals surface area (Å²) in [5, 5.41) is 0. The molecule has 1 nitrogen and oxygen atoms in total. The van der Waals surface area contributed by atoms with Crippen LogP contribution < -0.4 is 0 Å². The second-order valence-electron chi connectivity index (χ2n) is 3.79. The van der Waals surface area contributed by atoms with Gasteiger partial charge in [0.05, 0.1) is 0 Å². The lowest BCUT2D eigenvalue weighted by molar-refractivity contribution is -0.110. The summed E-state index contributed by atoms with van der Waals surface area (Å²) in [5.74, 6) is 0.102. The summed E-state index contributed by atoms with van der Waals surface area (Å²) < 4.78 is 0. The van der Waals surface area contributed by atoms with Crippen molar-refractivity contribution in [2.45, 2.75) is 20.3 Å². The van der Waals surface area contributed by atoms with E-state index in [-0.39, 0.29) is 5.92 Å². The van der Waals surface area contributed by atoms with E-state index in [2.05, 4.69) is 30.8 Å². The molecule has 0 aromatic heterocycles. The van der Waals surface area contributed by atoms with Crippen molar-refractivity contribution >= 4 is 11.9 Å². The smallest absolute Gasteiger partial charge is 0.123 e. The second-order valence-corrected chi connectivity index (χ2v) is 3.79. The summed E-state index contributed by atoms with van der Waals surface area (Å²) in [7, 11) is 0. The molecule has 1 unspecified atom stereocenters. The number of rotatable bonds is 4. The Bertz CT molecular complexity index is 322. The molecule has 0 fully saturated rings. The molecule has 74 valence electrons. The fourth-order valence-corrected chi connectivity index (χ4v) is 1.35. The van der Waals surface area contributed by atoms with Crippen molar-refractivity contribution in [3.8, 4) is 0 Å². The topological polar surface area (TPSA) is 17.1 Å². The largest absolute Gasteiger partial charge is 0.303 e. The molecule has 0 heterocycles. The average Bonchev–Trinajstić information content (AvgIpc) is 2.18. The maximum absolute atomic E-state index is 10.5. The summed E-state index contributed by atoms with van der Waals surface area (Å²) in [5.41, 5.74) is 3.43. The minimum absolute atomic E-state index is 0.102. The van der Waals surface area contributed by atoms with Gasteiger partial charge in [-0.3, -0.25) is 0 Å². The van der Waals surface area contributed by atoms with E-state index < -0.39 is 0 Å². The fraction of sp³-hybridized carbons (Fsp3) is 0.308. The molecule has 1 rings (SSSR count). The van der Waals surface area contributed by atoms with Gasteiger partial charge in [-0.05, 0) is 24.5 Å². The number of aldehydes is 1. The van der Waals surface area contributed by atoms with E-state index in [1.54, 1.807) is 0 Å². The first kappa shape index (κ1) is 10.7. The first-order valence-electron chi connectivity index (χ1n) is 4.83. The highest BCUT2D eigenvalue weighted by Gasteiger charge is 2.01. The lowest BCUT2D eigenvalue weighted by Crippen LogP contribution is -2.00. The monoisotopic (exact) mass is 188 g/mol. The third-order valence-corrected chi connectivity index (χ3v) is 2.24. The van der Waals surface area contributed by atoms with E-state index in [4.69, 9.17) is 0 Å². The summed E-state index contributed by atoms with van der Waals surface area (Å²) in [6.07, 6.45) is 1.81. The molecule has 0 radical (unpaired) electrons. The van der Waals surface area contributed by atoms with Crippen LogP contribution in [0.15, 0.2) is 30.8 Å². The Morgan fingerprint density at radius 3 is 2.43 bits per heavy atom. The Hall–Kier alpha value is -1.37. The third kappa shape index (κ3) is 2.84. The molecule has 0 aliphatic carbocycles. The van der Waals surface area contributed by atoms with E-state index >= 15 is 0 Å². The van der Waals surface area contributed by atoms with Crippen molar-refractivity contribution in [1.82, 2.24) is 0 Å². The van der Waals surface area contributed by atoms with E-state index in [1.807, 2.05) is 13.8 Å². The Balaban J connectivity index is 2.73. The Kier molecular flexibility index (Phi) is 3.63. The van der Waals surface area contributed by atoms with Crippen LogP contribution in [0.3, 0.4) is 0 Å². The Labute approximate surface area is 85.5 Å². The van der Waals surface area contributed by atoms with Crippen molar-refractivity contribution in [1.29, 1.82) is 0 Å². The van der Waals surface area contributed by atoms with E-state index in [9.17, 15) is 4.79 Å². The Morgan fingerprint density at radius 1 is 1.43 bits per heavy atom. The number of benzene rings is 1. The van der Waals surface area contributed by atoms with Gasteiger partial charge >= 0.3 is 0 Å². The van der Waals surface area contributed by atoms with Gasteiger partial charge in [-0.2, -0.15) is 0 Å². The van der Waals surface area contributed by atoms with Crippen molar-refractivity contribution in [2.24, 2.45) is 5.92 Å². The van der Waals surface area contributed by atoms with Crippen molar-refractivity contribution < 1.29 is 4.79 Å². The zero-order valence-corrected chi connectivity index (χ0v) is 8.79. The zero-order chi connectivity index (χ0) is 10.6. The maximum atomic E-state index is 10.5. The Morgan fingerprint density at radius 2 is 2.00 bits per heavy atom. The SMILES string of the molecule is C=C(C)c1ccc(CC(C)C=O)cc1. The minimum atomic E-state index is 0.102. The van der Waals surface area contributed by atoms with Gasteiger partial charge in [0.25, 0.3) is 0 Å². The molecule has 1 heteroatoms. The molecule has 0 spiro atoms. The van der Waals surface area contributed by atoms with Crippen LogP contribution in [0.1, 0.15) is 25.0 Å². The molecule has 0 N–H and O–H groups in total. The maximum Gasteiger partial charge on any atom is 0.123 e. The molecular formula is C13H16O. The summed E-state index contributed by atoms with van der Waals surface area (Å²) in [6.45, 7) is 7.80. The highest BCUT2D eigenvalue weighted by molar-refractivity contribution is 5.61. The van der Waals surface area contributed by atoms with Crippen LogP contribution in [0.25, 0.3) is 5.57 Å². The number of hydrogen-bond donors (Lipinski definition) is 0. The van der Waals surface area contributed by atoms with Crippen molar-refractivity contribution in [2.75, 3.05) is 0 Å². The number of carbonyl (C=O) groups is 1. The van der Waals surface area contributed by atoms with Gasteiger partial charge in [0.15, 0.2) is 0 Å². The zero-order valence-electron chi connectivity index (χ0n) is 8.79. The fourth-order valence-electron chi connectivity index (χ4n) is 1.35. The van der Waals surface area contributed by atoms with Crippen molar-refractivity contribution in [3.63, 3.8) is 0 Å². The first-order valence-corrected chi connectivity index (χ1v) is 4.83. The molecule has 1 aromatic rings. The third-order valence-electron chi connectivity index (χ3n) is 2.24. The molecule has 0 bridgehead atoms. The van der Waals surface area contributed by atoms with Crippen LogP contribution in [0.5, 0.6) is 0 Å². The molecule has 0 saturated carbocycles.